The molecule has 0 aromatic carbocycles. The minimum Gasteiger partial charge on any atom is -0.433 e. The summed E-state index contributed by atoms with van der Waals surface area (Å²) in [7, 11) is 0. The monoisotopic (exact) mass is 156 g/mol. The molecule has 0 bridgehead atoms. The highest BCUT2D eigenvalue weighted by Crippen LogP contribution is 2.35. The maximum atomic E-state index is 10.8. The second-order valence-electron chi connectivity index (χ2n) is 3.19. The third-order valence-corrected chi connectivity index (χ3v) is 2.33. The van der Waals surface area contributed by atoms with Crippen LogP contribution in [0, 0.1) is 0 Å². The summed E-state index contributed by atoms with van der Waals surface area (Å²) in [5, 5.41) is 0. The molecule has 0 saturated carbocycles. The Kier molecular flexibility index (Phi) is 1.60. The van der Waals surface area contributed by atoms with E-state index in [0.29, 0.717) is 6.42 Å². The summed E-state index contributed by atoms with van der Waals surface area (Å²) in [5.74, 6) is -0.609. The highest BCUT2D eigenvalue weighted by Gasteiger charge is 2.42. The lowest BCUT2D eigenvalue weighted by Crippen LogP contribution is -2.35. The molecule has 2 heterocycles. The van der Waals surface area contributed by atoms with E-state index in [1.54, 1.807) is 0 Å². The molecule has 3 heteroatoms. The fourth-order valence-corrected chi connectivity index (χ4v) is 1.71. The smallest absolute Gasteiger partial charge is 0.308 e. The summed E-state index contributed by atoms with van der Waals surface area (Å²) in [4.78, 5) is 10.8. The van der Waals surface area contributed by atoms with Crippen molar-refractivity contribution in [1.29, 1.82) is 0 Å². The molecule has 0 aliphatic carbocycles. The van der Waals surface area contributed by atoms with Gasteiger partial charge in [-0.1, -0.05) is 0 Å². The van der Waals surface area contributed by atoms with Crippen LogP contribution in [0.25, 0.3) is 0 Å². The molecule has 0 N–H and O–H groups in total. The fourth-order valence-electron chi connectivity index (χ4n) is 1.71. The fraction of sp³-hybridized carbons (Fsp3) is 0.875. The van der Waals surface area contributed by atoms with Crippen molar-refractivity contribution in [2.45, 2.75) is 37.9 Å². The lowest BCUT2D eigenvalue weighted by molar-refractivity contribution is -0.227. The number of hydrogen-bond acceptors (Lipinski definition) is 3. The Labute approximate surface area is 65.7 Å². The molecule has 1 atom stereocenters. The van der Waals surface area contributed by atoms with Crippen molar-refractivity contribution in [2.24, 2.45) is 0 Å². The molecular weight excluding hydrogens is 144 g/mol. The van der Waals surface area contributed by atoms with E-state index in [2.05, 4.69) is 0 Å². The van der Waals surface area contributed by atoms with Crippen molar-refractivity contribution in [3.63, 3.8) is 0 Å². The standard InChI is InChI=1S/C8H12O3/c9-7-3-5-8(11-7)4-1-2-6-10-8/h1-6H2. The van der Waals surface area contributed by atoms with Crippen LogP contribution in [0.3, 0.4) is 0 Å². The van der Waals surface area contributed by atoms with Crippen molar-refractivity contribution in [3.8, 4) is 0 Å². The van der Waals surface area contributed by atoms with Crippen LogP contribution in [-0.4, -0.2) is 18.4 Å². The van der Waals surface area contributed by atoms with Crippen molar-refractivity contribution in [1.82, 2.24) is 0 Å². The molecule has 0 aromatic heterocycles. The maximum Gasteiger partial charge on any atom is 0.308 e. The molecule has 3 nitrogen and oxygen atoms in total. The van der Waals surface area contributed by atoms with Gasteiger partial charge in [-0.2, -0.15) is 0 Å². The van der Waals surface area contributed by atoms with Crippen molar-refractivity contribution < 1.29 is 14.3 Å². The Hall–Kier alpha value is -0.570. The van der Waals surface area contributed by atoms with Gasteiger partial charge in [0.2, 0.25) is 5.79 Å². The van der Waals surface area contributed by atoms with Gasteiger partial charge in [0.25, 0.3) is 0 Å². The summed E-state index contributed by atoms with van der Waals surface area (Å²) in [6, 6.07) is 0. The van der Waals surface area contributed by atoms with Gasteiger partial charge < -0.3 is 9.47 Å². The highest BCUT2D eigenvalue weighted by molar-refractivity contribution is 5.71. The number of ether oxygens (including phenoxy) is 2. The van der Waals surface area contributed by atoms with E-state index in [-0.39, 0.29) is 5.97 Å². The van der Waals surface area contributed by atoms with Crippen LogP contribution in [0.1, 0.15) is 32.1 Å². The molecule has 2 rings (SSSR count). The van der Waals surface area contributed by atoms with Crippen molar-refractivity contribution in [2.75, 3.05) is 6.61 Å². The van der Waals surface area contributed by atoms with Crippen LogP contribution in [0.15, 0.2) is 0 Å². The minimum atomic E-state index is -0.505. The van der Waals surface area contributed by atoms with Gasteiger partial charge >= 0.3 is 5.97 Å². The van der Waals surface area contributed by atoms with Crippen LogP contribution in [0.2, 0.25) is 0 Å². The van der Waals surface area contributed by atoms with E-state index in [9.17, 15) is 4.79 Å². The second kappa shape index (κ2) is 2.48. The van der Waals surface area contributed by atoms with Crippen LogP contribution >= 0.6 is 0 Å². The maximum absolute atomic E-state index is 10.8. The number of carbonyl (C=O) groups excluding carboxylic acids is 1. The van der Waals surface area contributed by atoms with Crippen LogP contribution in [0.4, 0.5) is 0 Å². The lowest BCUT2D eigenvalue weighted by Gasteiger charge is -2.31. The lowest BCUT2D eigenvalue weighted by atomic mass is 10.0. The summed E-state index contributed by atoms with van der Waals surface area (Å²) in [5.41, 5.74) is 0. The topological polar surface area (TPSA) is 35.5 Å². The Morgan fingerprint density at radius 2 is 2.18 bits per heavy atom. The van der Waals surface area contributed by atoms with Crippen LogP contribution in [-0.2, 0) is 14.3 Å². The molecule has 0 amide bonds. The third-order valence-electron chi connectivity index (χ3n) is 2.33. The number of carbonyl (C=O) groups is 1. The van der Waals surface area contributed by atoms with Crippen molar-refractivity contribution >= 4 is 5.97 Å². The SMILES string of the molecule is O=C1CCC2(CCCCO2)O1. The average Bonchev–Trinajstić information content (AvgIpc) is 2.34. The molecule has 62 valence electrons. The quantitative estimate of drug-likeness (QED) is 0.495. The molecule has 2 aliphatic rings. The molecule has 2 aliphatic heterocycles. The Balaban J connectivity index is 2.03. The first-order chi connectivity index (χ1) is 5.31. The second-order valence-corrected chi connectivity index (χ2v) is 3.19. The van der Waals surface area contributed by atoms with Gasteiger partial charge in [-0.25, -0.2) is 0 Å². The molecule has 0 aromatic rings. The molecule has 11 heavy (non-hydrogen) atoms. The van der Waals surface area contributed by atoms with Gasteiger partial charge in [0.1, 0.15) is 0 Å². The Morgan fingerprint density at radius 3 is 2.73 bits per heavy atom. The summed E-state index contributed by atoms with van der Waals surface area (Å²) in [6.45, 7) is 0.743. The number of hydrogen-bond donors (Lipinski definition) is 0. The predicted octanol–water partition coefficient (Wildman–Crippen LogP) is 1.22. The highest BCUT2D eigenvalue weighted by atomic mass is 16.7. The molecule has 0 radical (unpaired) electrons. The minimum absolute atomic E-state index is 0.105. The predicted molar refractivity (Wildman–Crippen MR) is 37.9 cm³/mol. The van der Waals surface area contributed by atoms with Crippen molar-refractivity contribution in [3.05, 3.63) is 0 Å². The van der Waals surface area contributed by atoms with Crippen LogP contribution in [0.5, 0.6) is 0 Å². The first-order valence-corrected chi connectivity index (χ1v) is 4.17. The zero-order valence-electron chi connectivity index (χ0n) is 6.47. The number of esters is 1. The van der Waals surface area contributed by atoms with E-state index >= 15 is 0 Å². The van der Waals surface area contributed by atoms with E-state index in [1.807, 2.05) is 0 Å². The molecule has 2 saturated heterocycles. The van der Waals surface area contributed by atoms with Gasteiger partial charge in [0.05, 0.1) is 13.0 Å². The number of rotatable bonds is 0. The van der Waals surface area contributed by atoms with E-state index in [4.69, 9.17) is 9.47 Å². The van der Waals surface area contributed by atoms with Gasteiger partial charge in [0, 0.05) is 12.8 Å². The molecule has 1 unspecified atom stereocenters. The first-order valence-electron chi connectivity index (χ1n) is 4.17. The van der Waals surface area contributed by atoms with E-state index < -0.39 is 5.79 Å². The molecular formula is C8H12O3. The zero-order valence-corrected chi connectivity index (χ0v) is 6.47. The summed E-state index contributed by atoms with van der Waals surface area (Å²) >= 11 is 0. The normalized spacial score (nSPS) is 37.6. The molecule has 2 fully saturated rings. The third kappa shape index (κ3) is 1.25. The average molecular weight is 156 g/mol. The molecule has 1 spiro atoms. The Morgan fingerprint density at radius 1 is 1.27 bits per heavy atom. The zero-order chi connectivity index (χ0) is 7.73. The van der Waals surface area contributed by atoms with Gasteiger partial charge in [-0.15, -0.1) is 0 Å². The van der Waals surface area contributed by atoms with Gasteiger partial charge in [-0.3, -0.25) is 4.79 Å². The Bertz CT molecular complexity index is 170. The largest absolute Gasteiger partial charge is 0.433 e. The van der Waals surface area contributed by atoms with E-state index in [0.717, 1.165) is 32.3 Å². The van der Waals surface area contributed by atoms with Gasteiger partial charge in [0.15, 0.2) is 0 Å². The first kappa shape index (κ1) is 7.10. The van der Waals surface area contributed by atoms with Crippen LogP contribution < -0.4 is 0 Å². The van der Waals surface area contributed by atoms with Gasteiger partial charge in [-0.05, 0) is 12.8 Å². The summed E-state index contributed by atoms with van der Waals surface area (Å²) in [6.07, 6.45) is 4.39. The van der Waals surface area contributed by atoms with E-state index in [1.165, 1.54) is 0 Å². The summed E-state index contributed by atoms with van der Waals surface area (Å²) < 4.78 is 10.6.